The number of amides is 1. The van der Waals surface area contributed by atoms with Crippen molar-refractivity contribution in [2.24, 2.45) is 7.05 Å². The predicted molar refractivity (Wildman–Crippen MR) is 96.0 cm³/mol. The van der Waals surface area contributed by atoms with Crippen molar-refractivity contribution in [3.8, 4) is 11.4 Å². The molecule has 2 aromatic carbocycles. The maximum atomic E-state index is 12.6. The van der Waals surface area contributed by atoms with Crippen molar-refractivity contribution in [3.05, 3.63) is 81.1 Å². The second kappa shape index (κ2) is 7.06. The van der Waals surface area contributed by atoms with Crippen molar-refractivity contribution in [2.45, 2.75) is 0 Å². The number of aromatic nitrogens is 3. The SMILES string of the molecule is COc1ccccc1NC(=O)c1nn(-c2ccccc2)c(=O)n(C)c1=O. The number of rotatable bonds is 4. The summed E-state index contributed by atoms with van der Waals surface area (Å²) >= 11 is 0. The fourth-order valence-electron chi connectivity index (χ4n) is 2.38. The molecule has 26 heavy (non-hydrogen) atoms. The summed E-state index contributed by atoms with van der Waals surface area (Å²) in [6, 6.07) is 15.3. The van der Waals surface area contributed by atoms with Crippen LogP contribution in [0.4, 0.5) is 5.69 Å². The van der Waals surface area contributed by atoms with Gasteiger partial charge in [-0.05, 0) is 24.3 Å². The van der Waals surface area contributed by atoms with E-state index in [2.05, 4.69) is 10.4 Å². The summed E-state index contributed by atoms with van der Waals surface area (Å²) in [6.07, 6.45) is 0. The zero-order valence-electron chi connectivity index (χ0n) is 14.2. The van der Waals surface area contributed by atoms with E-state index in [1.807, 2.05) is 0 Å². The average Bonchev–Trinajstić information content (AvgIpc) is 2.67. The van der Waals surface area contributed by atoms with Crippen LogP contribution in [0.3, 0.4) is 0 Å². The summed E-state index contributed by atoms with van der Waals surface area (Å²) in [5.74, 6) is -0.297. The van der Waals surface area contributed by atoms with Crippen LogP contribution in [-0.2, 0) is 7.05 Å². The van der Waals surface area contributed by atoms with Gasteiger partial charge in [-0.15, -0.1) is 0 Å². The van der Waals surface area contributed by atoms with Crippen LogP contribution in [0.15, 0.2) is 64.2 Å². The summed E-state index contributed by atoms with van der Waals surface area (Å²) in [4.78, 5) is 37.3. The fourth-order valence-corrected chi connectivity index (χ4v) is 2.38. The van der Waals surface area contributed by atoms with Gasteiger partial charge in [0.25, 0.3) is 11.5 Å². The Kier molecular flexibility index (Phi) is 4.66. The van der Waals surface area contributed by atoms with Crippen LogP contribution < -0.4 is 21.3 Å². The molecule has 1 amide bonds. The lowest BCUT2D eigenvalue weighted by Crippen LogP contribution is -2.43. The Bertz CT molecular complexity index is 1070. The minimum absolute atomic E-state index is 0.390. The predicted octanol–water partition coefficient (Wildman–Crippen LogP) is 1.19. The second-order valence-electron chi connectivity index (χ2n) is 5.40. The number of methoxy groups -OCH3 is 1. The van der Waals surface area contributed by atoms with Crippen molar-refractivity contribution < 1.29 is 9.53 Å². The molecule has 8 nitrogen and oxygen atoms in total. The molecule has 0 saturated carbocycles. The van der Waals surface area contributed by atoms with Crippen LogP contribution in [0, 0.1) is 0 Å². The third-order valence-corrected chi connectivity index (χ3v) is 3.75. The molecule has 0 fully saturated rings. The van der Waals surface area contributed by atoms with E-state index in [0.29, 0.717) is 17.1 Å². The van der Waals surface area contributed by atoms with Gasteiger partial charge in [-0.25, -0.2) is 4.79 Å². The Morgan fingerprint density at radius 1 is 1.04 bits per heavy atom. The maximum absolute atomic E-state index is 12.6. The van der Waals surface area contributed by atoms with Crippen LogP contribution in [0.2, 0.25) is 0 Å². The number of hydrogen-bond acceptors (Lipinski definition) is 5. The lowest BCUT2D eigenvalue weighted by atomic mass is 10.3. The molecule has 1 heterocycles. The first-order valence-electron chi connectivity index (χ1n) is 7.73. The Labute approximate surface area is 148 Å². The van der Waals surface area contributed by atoms with E-state index in [9.17, 15) is 14.4 Å². The van der Waals surface area contributed by atoms with E-state index in [4.69, 9.17) is 4.74 Å². The summed E-state index contributed by atoms with van der Waals surface area (Å²) < 4.78 is 7.03. The number of hydrogen-bond donors (Lipinski definition) is 1. The molecule has 8 heteroatoms. The molecular weight excluding hydrogens is 336 g/mol. The number of anilines is 1. The van der Waals surface area contributed by atoms with Gasteiger partial charge in [-0.1, -0.05) is 30.3 Å². The Morgan fingerprint density at radius 2 is 1.69 bits per heavy atom. The standard InChI is InChI=1S/C18H16N4O4/c1-21-17(24)15(16(23)19-13-10-6-7-11-14(13)26-2)20-22(18(21)25)12-8-4-3-5-9-12/h3-11H,1-2H3,(H,19,23). The zero-order valence-corrected chi connectivity index (χ0v) is 14.2. The van der Waals surface area contributed by atoms with E-state index in [1.165, 1.54) is 14.2 Å². The van der Waals surface area contributed by atoms with Crippen LogP contribution >= 0.6 is 0 Å². The molecule has 0 saturated heterocycles. The number of benzene rings is 2. The van der Waals surface area contributed by atoms with Crippen molar-refractivity contribution in [1.82, 2.24) is 14.3 Å². The minimum atomic E-state index is -0.783. The molecule has 0 bridgehead atoms. The molecule has 3 rings (SSSR count). The lowest BCUT2D eigenvalue weighted by Gasteiger charge is -2.11. The van der Waals surface area contributed by atoms with Crippen molar-refractivity contribution in [2.75, 3.05) is 12.4 Å². The molecular formula is C18H16N4O4. The molecule has 0 aliphatic carbocycles. The highest BCUT2D eigenvalue weighted by molar-refractivity contribution is 6.03. The highest BCUT2D eigenvalue weighted by Crippen LogP contribution is 2.23. The highest BCUT2D eigenvalue weighted by Gasteiger charge is 2.19. The van der Waals surface area contributed by atoms with Crippen LogP contribution in [0.25, 0.3) is 5.69 Å². The van der Waals surface area contributed by atoms with Crippen molar-refractivity contribution >= 4 is 11.6 Å². The number of carbonyl (C=O) groups is 1. The molecule has 0 radical (unpaired) electrons. The fraction of sp³-hybridized carbons (Fsp3) is 0.111. The van der Waals surface area contributed by atoms with Crippen molar-refractivity contribution in [1.29, 1.82) is 0 Å². The van der Waals surface area contributed by atoms with Crippen LogP contribution in [-0.4, -0.2) is 27.4 Å². The number of para-hydroxylation sites is 3. The summed E-state index contributed by atoms with van der Waals surface area (Å²) in [5, 5.41) is 6.56. The molecule has 0 unspecified atom stereocenters. The first-order valence-corrected chi connectivity index (χ1v) is 7.73. The van der Waals surface area contributed by atoms with Crippen molar-refractivity contribution in [3.63, 3.8) is 0 Å². The molecule has 1 aromatic heterocycles. The molecule has 132 valence electrons. The van der Waals surface area contributed by atoms with Gasteiger partial charge in [0.05, 0.1) is 18.5 Å². The Morgan fingerprint density at radius 3 is 2.38 bits per heavy atom. The van der Waals surface area contributed by atoms with E-state index in [-0.39, 0.29) is 0 Å². The van der Waals surface area contributed by atoms with E-state index in [1.54, 1.807) is 54.6 Å². The largest absolute Gasteiger partial charge is 0.495 e. The average molecular weight is 352 g/mol. The molecule has 0 atom stereocenters. The quantitative estimate of drug-likeness (QED) is 0.761. The van der Waals surface area contributed by atoms with E-state index in [0.717, 1.165) is 9.25 Å². The monoisotopic (exact) mass is 352 g/mol. The normalized spacial score (nSPS) is 10.4. The Hall–Kier alpha value is -3.68. The van der Waals surface area contributed by atoms with Gasteiger partial charge < -0.3 is 10.1 Å². The summed E-state index contributed by atoms with van der Waals surface area (Å²) in [6.45, 7) is 0. The summed E-state index contributed by atoms with van der Waals surface area (Å²) in [5.41, 5.74) is -0.993. The number of nitrogens with zero attached hydrogens (tertiary/aromatic N) is 3. The minimum Gasteiger partial charge on any atom is -0.495 e. The third kappa shape index (κ3) is 3.12. The number of carbonyl (C=O) groups excluding carboxylic acids is 1. The van der Waals surface area contributed by atoms with Gasteiger partial charge in [0.2, 0.25) is 5.69 Å². The lowest BCUT2D eigenvalue weighted by molar-refractivity contribution is 0.101. The van der Waals surface area contributed by atoms with E-state index < -0.39 is 22.9 Å². The smallest absolute Gasteiger partial charge is 0.351 e. The van der Waals surface area contributed by atoms with Crippen LogP contribution in [0.5, 0.6) is 5.75 Å². The van der Waals surface area contributed by atoms with Crippen LogP contribution in [0.1, 0.15) is 10.5 Å². The van der Waals surface area contributed by atoms with Gasteiger partial charge in [-0.3, -0.25) is 14.2 Å². The first kappa shape index (κ1) is 17.2. The third-order valence-electron chi connectivity index (χ3n) is 3.75. The van der Waals surface area contributed by atoms with Gasteiger partial charge in [0.15, 0.2) is 0 Å². The Balaban J connectivity index is 2.08. The van der Waals surface area contributed by atoms with Gasteiger partial charge in [-0.2, -0.15) is 9.78 Å². The molecule has 0 spiro atoms. The van der Waals surface area contributed by atoms with E-state index >= 15 is 0 Å². The van der Waals surface area contributed by atoms with Gasteiger partial charge >= 0.3 is 5.69 Å². The second-order valence-corrected chi connectivity index (χ2v) is 5.40. The van der Waals surface area contributed by atoms with Gasteiger partial charge in [0.1, 0.15) is 5.75 Å². The first-order chi connectivity index (χ1) is 12.5. The number of ether oxygens (including phenoxy) is 1. The topological polar surface area (TPSA) is 95.2 Å². The molecule has 0 aliphatic heterocycles. The van der Waals surface area contributed by atoms with Gasteiger partial charge in [0, 0.05) is 7.05 Å². The molecule has 1 N–H and O–H groups in total. The molecule has 3 aromatic rings. The number of nitrogens with one attached hydrogen (secondary N) is 1. The molecule has 0 aliphatic rings. The summed E-state index contributed by atoms with van der Waals surface area (Å²) in [7, 11) is 2.77. The highest BCUT2D eigenvalue weighted by atomic mass is 16.5. The zero-order chi connectivity index (χ0) is 18.7. The maximum Gasteiger partial charge on any atom is 0.351 e.